The predicted octanol–water partition coefficient (Wildman–Crippen LogP) is 1.71. The van der Waals surface area contributed by atoms with Crippen LogP contribution in [-0.2, 0) is 9.59 Å². The molecule has 1 aromatic carbocycles. The van der Waals surface area contributed by atoms with Crippen molar-refractivity contribution in [2.45, 2.75) is 19.3 Å². The van der Waals surface area contributed by atoms with Crippen molar-refractivity contribution in [2.75, 3.05) is 6.61 Å². The number of hydrazine groups is 1. The van der Waals surface area contributed by atoms with Crippen LogP contribution in [0, 0.1) is 11.7 Å². The van der Waals surface area contributed by atoms with Gasteiger partial charge in [0.1, 0.15) is 0 Å². The summed E-state index contributed by atoms with van der Waals surface area (Å²) >= 11 is 0. The number of halogens is 1. The zero-order valence-electron chi connectivity index (χ0n) is 11.5. The molecule has 0 unspecified atom stereocenters. The van der Waals surface area contributed by atoms with Crippen LogP contribution in [-0.4, -0.2) is 18.4 Å². The standard InChI is InChI=1S/C15H17FN2O3/c16-12-8-4-5-9-13(12)21-10-14(19)17-18-15(20)11-6-2-1-3-7-11/h1-2,4-5,8-9,11H,3,6-7,10H2,(H,17,19)(H,18,20)/t11-/m1/s1. The molecule has 0 heterocycles. The van der Waals surface area contributed by atoms with Gasteiger partial charge in [-0.05, 0) is 31.4 Å². The van der Waals surface area contributed by atoms with Gasteiger partial charge in [0.15, 0.2) is 18.2 Å². The number of carbonyl (C=O) groups is 2. The smallest absolute Gasteiger partial charge is 0.276 e. The van der Waals surface area contributed by atoms with Crippen LogP contribution in [0.2, 0.25) is 0 Å². The highest BCUT2D eigenvalue weighted by molar-refractivity contribution is 5.84. The van der Waals surface area contributed by atoms with E-state index < -0.39 is 11.7 Å². The number of benzene rings is 1. The topological polar surface area (TPSA) is 67.4 Å². The lowest BCUT2D eigenvalue weighted by Crippen LogP contribution is -2.46. The molecular formula is C15H17FN2O3. The predicted molar refractivity (Wildman–Crippen MR) is 74.7 cm³/mol. The van der Waals surface area contributed by atoms with Crippen molar-refractivity contribution in [3.05, 3.63) is 42.2 Å². The second kappa shape index (κ2) is 7.42. The minimum Gasteiger partial charge on any atom is -0.481 e. The van der Waals surface area contributed by atoms with E-state index in [-0.39, 0.29) is 24.2 Å². The Labute approximate surface area is 122 Å². The fourth-order valence-corrected chi connectivity index (χ4v) is 2.01. The summed E-state index contributed by atoms with van der Waals surface area (Å²) in [5.41, 5.74) is 4.62. The van der Waals surface area contributed by atoms with Gasteiger partial charge in [-0.3, -0.25) is 20.4 Å². The maximum Gasteiger partial charge on any atom is 0.276 e. The van der Waals surface area contributed by atoms with E-state index in [9.17, 15) is 14.0 Å². The fraction of sp³-hybridized carbons (Fsp3) is 0.333. The highest BCUT2D eigenvalue weighted by atomic mass is 19.1. The summed E-state index contributed by atoms with van der Waals surface area (Å²) in [6, 6.07) is 5.80. The van der Waals surface area contributed by atoms with Crippen LogP contribution >= 0.6 is 0 Å². The number of hydrogen-bond donors (Lipinski definition) is 2. The second-order valence-corrected chi connectivity index (χ2v) is 4.74. The van der Waals surface area contributed by atoms with Crippen LogP contribution in [0.4, 0.5) is 4.39 Å². The zero-order valence-corrected chi connectivity index (χ0v) is 11.5. The number of carbonyl (C=O) groups excluding carboxylic acids is 2. The van der Waals surface area contributed by atoms with Gasteiger partial charge in [-0.15, -0.1) is 0 Å². The molecule has 6 heteroatoms. The second-order valence-electron chi connectivity index (χ2n) is 4.74. The molecule has 0 radical (unpaired) electrons. The number of nitrogens with one attached hydrogen (secondary N) is 2. The molecule has 2 rings (SSSR count). The lowest BCUT2D eigenvalue weighted by Gasteiger charge is -2.17. The van der Waals surface area contributed by atoms with E-state index in [2.05, 4.69) is 10.9 Å². The van der Waals surface area contributed by atoms with Crippen molar-refractivity contribution in [2.24, 2.45) is 5.92 Å². The molecule has 0 aliphatic heterocycles. The first kappa shape index (κ1) is 15.0. The van der Waals surface area contributed by atoms with Crippen LogP contribution in [0.15, 0.2) is 36.4 Å². The summed E-state index contributed by atoms with van der Waals surface area (Å²) in [4.78, 5) is 23.3. The van der Waals surface area contributed by atoms with Crippen molar-refractivity contribution < 1.29 is 18.7 Å². The van der Waals surface area contributed by atoms with E-state index >= 15 is 0 Å². The van der Waals surface area contributed by atoms with E-state index in [1.165, 1.54) is 18.2 Å². The third-order valence-corrected chi connectivity index (χ3v) is 3.16. The van der Waals surface area contributed by atoms with Crippen molar-refractivity contribution in [1.82, 2.24) is 10.9 Å². The molecule has 0 saturated heterocycles. The maximum absolute atomic E-state index is 13.3. The Morgan fingerprint density at radius 3 is 2.76 bits per heavy atom. The molecule has 0 bridgehead atoms. The minimum atomic E-state index is -0.544. The lowest BCUT2D eigenvalue weighted by atomic mass is 9.94. The molecule has 1 aliphatic rings. The molecule has 2 N–H and O–H groups in total. The molecular weight excluding hydrogens is 275 g/mol. The quantitative estimate of drug-likeness (QED) is 0.656. The summed E-state index contributed by atoms with van der Waals surface area (Å²) in [6.07, 6.45) is 6.29. The fourth-order valence-electron chi connectivity index (χ4n) is 2.01. The summed E-state index contributed by atoms with van der Waals surface area (Å²) < 4.78 is 18.3. The first-order valence-electron chi connectivity index (χ1n) is 6.78. The normalized spacial score (nSPS) is 17.1. The Balaban J connectivity index is 1.71. The Morgan fingerprint density at radius 2 is 2.05 bits per heavy atom. The highest BCUT2D eigenvalue weighted by Crippen LogP contribution is 2.17. The van der Waals surface area contributed by atoms with Crippen LogP contribution in [0.5, 0.6) is 5.75 Å². The lowest BCUT2D eigenvalue weighted by molar-refractivity contribution is -0.132. The Morgan fingerprint density at radius 1 is 1.24 bits per heavy atom. The first-order chi connectivity index (χ1) is 10.2. The number of allylic oxidation sites excluding steroid dienone is 2. The molecule has 0 fully saturated rings. The van der Waals surface area contributed by atoms with E-state index in [1.54, 1.807) is 6.07 Å². The average molecular weight is 292 g/mol. The first-order valence-corrected chi connectivity index (χ1v) is 6.78. The van der Waals surface area contributed by atoms with E-state index in [1.807, 2.05) is 12.2 Å². The molecule has 0 aromatic heterocycles. The number of para-hydroxylation sites is 1. The van der Waals surface area contributed by atoms with Gasteiger partial charge in [-0.25, -0.2) is 4.39 Å². The van der Waals surface area contributed by atoms with Gasteiger partial charge in [0.2, 0.25) is 5.91 Å². The maximum atomic E-state index is 13.3. The Hall–Kier alpha value is -2.37. The van der Waals surface area contributed by atoms with Crippen molar-refractivity contribution in [1.29, 1.82) is 0 Å². The average Bonchev–Trinajstić information content (AvgIpc) is 2.52. The number of rotatable bonds is 4. The molecule has 112 valence electrons. The summed E-state index contributed by atoms with van der Waals surface area (Å²) in [5, 5.41) is 0. The van der Waals surface area contributed by atoms with Gasteiger partial charge < -0.3 is 4.74 Å². The van der Waals surface area contributed by atoms with Gasteiger partial charge in [0, 0.05) is 5.92 Å². The zero-order chi connectivity index (χ0) is 15.1. The van der Waals surface area contributed by atoms with Crippen molar-refractivity contribution >= 4 is 11.8 Å². The monoisotopic (exact) mass is 292 g/mol. The summed E-state index contributed by atoms with van der Waals surface area (Å²) in [6.45, 7) is -0.369. The Kier molecular flexibility index (Phi) is 5.31. The van der Waals surface area contributed by atoms with E-state index in [4.69, 9.17) is 4.74 Å². The third-order valence-electron chi connectivity index (χ3n) is 3.16. The summed E-state index contributed by atoms with van der Waals surface area (Å²) in [7, 11) is 0. The van der Waals surface area contributed by atoms with Gasteiger partial charge in [-0.1, -0.05) is 24.3 Å². The van der Waals surface area contributed by atoms with Crippen LogP contribution in [0.25, 0.3) is 0 Å². The van der Waals surface area contributed by atoms with Gasteiger partial charge in [0.25, 0.3) is 5.91 Å². The molecule has 5 nitrogen and oxygen atoms in total. The molecule has 0 spiro atoms. The van der Waals surface area contributed by atoms with Crippen molar-refractivity contribution in [3.63, 3.8) is 0 Å². The van der Waals surface area contributed by atoms with Crippen molar-refractivity contribution in [3.8, 4) is 5.75 Å². The van der Waals surface area contributed by atoms with Gasteiger partial charge >= 0.3 is 0 Å². The van der Waals surface area contributed by atoms with Gasteiger partial charge in [0.05, 0.1) is 0 Å². The number of ether oxygens (including phenoxy) is 1. The largest absolute Gasteiger partial charge is 0.481 e. The summed E-state index contributed by atoms with van der Waals surface area (Å²) in [5.74, 6) is -1.43. The molecule has 1 aromatic rings. The van der Waals surface area contributed by atoms with Crippen LogP contribution in [0.1, 0.15) is 19.3 Å². The molecule has 1 aliphatic carbocycles. The van der Waals surface area contributed by atoms with Crippen LogP contribution in [0.3, 0.4) is 0 Å². The molecule has 21 heavy (non-hydrogen) atoms. The molecule has 1 atom stereocenters. The Bertz CT molecular complexity index is 545. The molecule has 0 saturated carbocycles. The number of amides is 2. The van der Waals surface area contributed by atoms with E-state index in [0.717, 1.165) is 12.8 Å². The minimum absolute atomic E-state index is 0.00334. The third kappa shape index (κ3) is 4.59. The van der Waals surface area contributed by atoms with Gasteiger partial charge in [-0.2, -0.15) is 0 Å². The van der Waals surface area contributed by atoms with E-state index in [0.29, 0.717) is 6.42 Å². The highest BCUT2D eigenvalue weighted by Gasteiger charge is 2.19. The number of hydrogen-bond acceptors (Lipinski definition) is 3. The van der Waals surface area contributed by atoms with Crippen LogP contribution < -0.4 is 15.6 Å². The SMILES string of the molecule is O=C(COc1ccccc1F)NNC(=O)[C@@H]1CC=CCC1. The molecule has 2 amide bonds.